The van der Waals surface area contributed by atoms with Crippen molar-refractivity contribution in [3.63, 3.8) is 0 Å². The van der Waals surface area contributed by atoms with Gasteiger partial charge in [-0.15, -0.1) is 0 Å². The van der Waals surface area contributed by atoms with Crippen LogP contribution in [0.4, 0.5) is 0 Å². The minimum absolute atomic E-state index is 0.00286. The number of likely N-dealkylation sites (tertiary alicyclic amines) is 1. The third kappa shape index (κ3) is 2.46. The van der Waals surface area contributed by atoms with Crippen LogP contribution in [0.2, 0.25) is 0 Å². The number of fused-ring (bicyclic) bond motifs is 3. The number of aliphatic hydroxyl groups is 1. The van der Waals surface area contributed by atoms with E-state index >= 15 is 0 Å². The van der Waals surface area contributed by atoms with Gasteiger partial charge in [0.1, 0.15) is 17.3 Å². The first-order valence-electron chi connectivity index (χ1n) is 8.75. The van der Waals surface area contributed by atoms with Crippen molar-refractivity contribution in [3.05, 3.63) is 41.6 Å². The molecule has 2 unspecified atom stereocenters. The van der Waals surface area contributed by atoms with E-state index in [0.29, 0.717) is 37.6 Å². The van der Waals surface area contributed by atoms with Gasteiger partial charge in [0.2, 0.25) is 0 Å². The number of carbonyl (C=O) groups excluding carboxylic acids is 1. The first-order valence-corrected chi connectivity index (χ1v) is 8.75. The molecule has 3 heterocycles. The van der Waals surface area contributed by atoms with Crippen molar-refractivity contribution in [1.82, 2.24) is 9.88 Å². The lowest BCUT2D eigenvalue weighted by molar-refractivity contribution is 0.0438. The molecule has 138 valence electrons. The molecule has 1 saturated heterocycles. The summed E-state index contributed by atoms with van der Waals surface area (Å²) in [5.74, 6) is 1.91. The Morgan fingerprint density at radius 1 is 1.50 bits per heavy atom. The van der Waals surface area contributed by atoms with Crippen LogP contribution in [0.25, 0.3) is 0 Å². The number of benzene rings is 1. The van der Waals surface area contributed by atoms with Gasteiger partial charge in [-0.3, -0.25) is 4.79 Å². The number of hydrogen-bond acceptors (Lipinski definition) is 6. The van der Waals surface area contributed by atoms with E-state index < -0.39 is 5.41 Å². The molecule has 26 heavy (non-hydrogen) atoms. The third-order valence-corrected chi connectivity index (χ3v) is 5.53. The first kappa shape index (κ1) is 16.9. The summed E-state index contributed by atoms with van der Waals surface area (Å²) in [6.07, 6.45) is 1.91. The van der Waals surface area contributed by atoms with E-state index in [1.165, 1.54) is 6.39 Å². The number of nitrogens with zero attached hydrogens (tertiary/aromatic N) is 2. The minimum Gasteiger partial charge on any atom is -0.497 e. The average Bonchev–Trinajstić information content (AvgIpc) is 3.31. The van der Waals surface area contributed by atoms with Crippen LogP contribution in [0.15, 0.2) is 29.0 Å². The minimum atomic E-state index is -0.507. The van der Waals surface area contributed by atoms with Crippen LogP contribution in [-0.2, 0) is 6.42 Å². The van der Waals surface area contributed by atoms with E-state index in [1.54, 1.807) is 12.0 Å². The standard InChI is InChI=1S/C19H22N2O5/c1-3-15-17(20-11-26-15)18(23)21-7-14-13-5-4-12(24-2)6-16(13)25-10-19(14,8-21)9-22/h4-6,11,14,22H,3,7-10H2,1-2H3. The van der Waals surface area contributed by atoms with Gasteiger partial charge in [-0.25, -0.2) is 4.98 Å². The topological polar surface area (TPSA) is 85.0 Å². The molecule has 0 aliphatic carbocycles. The predicted molar refractivity (Wildman–Crippen MR) is 92.5 cm³/mol. The summed E-state index contributed by atoms with van der Waals surface area (Å²) in [5, 5.41) is 10.1. The number of aromatic nitrogens is 1. The highest BCUT2D eigenvalue weighted by Crippen LogP contribution is 2.50. The maximum absolute atomic E-state index is 13.0. The number of ether oxygens (including phenoxy) is 2. The SMILES string of the molecule is CCc1ocnc1C(=O)N1CC2c3ccc(OC)cc3OCC2(CO)C1. The normalized spacial score (nSPS) is 24.0. The van der Waals surface area contributed by atoms with E-state index in [-0.39, 0.29) is 18.4 Å². The molecular weight excluding hydrogens is 336 g/mol. The largest absolute Gasteiger partial charge is 0.497 e. The smallest absolute Gasteiger partial charge is 0.276 e. The number of methoxy groups -OCH3 is 1. The highest BCUT2D eigenvalue weighted by molar-refractivity contribution is 5.93. The molecule has 2 aliphatic rings. The summed E-state index contributed by atoms with van der Waals surface area (Å²) < 4.78 is 16.5. The monoisotopic (exact) mass is 358 g/mol. The van der Waals surface area contributed by atoms with Crippen molar-refractivity contribution in [2.45, 2.75) is 19.3 Å². The van der Waals surface area contributed by atoms with Gasteiger partial charge < -0.3 is 23.9 Å². The van der Waals surface area contributed by atoms with Crippen LogP contribution < -0.4 is 9.47 Å². The van der Waals surface area contributed by atoms with E-state index in [0.717, 1.165) is 17.1 Å². The molecule has 0 saturated carbocycles. The summed E-state index contributed by atoms with van der Waals surface area (Å²) in [4.78, 5) is 18.8. The fraction of sp³-hybridized carbons (Fsp3) is 0.474. The fourth-order valence-corrected chi connectivity index (χ4v) is 4.03. The summed E-state index contributed by atoms with van der Waals surface area (Å²) in [6.45, 7) is 3.17. The lowest BCUT2D eigenvalue weighted by Gasteiger charge is -2.37. The number of aliphatic hydroxyl groups excluding tert-OH is 1. The molecule has 1 amide bonds. The second kappa shape index (κ2) is 6.32. The van der Waals surface area contributed by atoms with Crippen LogP contribution >= 0.6 is 0 Å². The van der Waals surface area contributed by atoms with Crippen LogP contribution in [0.1, 0.15) is 34.7 Å². The van der Waals surface area contributed by atoms with Gasteiger partial charge >= 0.3 is 0 Å². The zero-order valence-corrected chi connectivity index (χ0v) is 14.9. The Kier molecular flexibility index (Phi) is 4.11. The number of aryl methyl sites for hydroxylation is 1. The van der Waals surface area contributed by atoms with Gasteiger partial charge in [-0.1, -0.05) is 13.0 Å². The highest BCUT2D eigenvalue weighted by atomic mass is 16.5. The molecule has 4 rings (SSSR count). The van der Waals surface area contributed by atoms with Crippen molar-refractivity contribution in [3.8, 4) is 11.5 Å². The Hall–Kier alpha value is -2.54. The van der Waals surface area contributed by atoms with Gasteiger partial charge in [0, 0.05) is 37.1 Å². The molecule has 0 spiro atoms. The Labute approximate surface area is 151 Å². The molecule has 1 fully saturated rings. The molecule has 0 radical (unpaired) electrons. The van der Waals surface area contributed by atoms with E-state index in [1.807, 2.05) is 25.1 Å². The molecule has 7 nitrogen and oxygen atoms in total. The Bertz CT molecular complexity index is 833. The number of carbonyl (C=O) groups is 1. The molecule has 7 heteroatoms. The van der Waals surface area contributed by atoms with E-state index in [4.69, 9.17) is 13.9 Å². The van der Waals surface area contributed by atoms with Gasteiger partial charge in [0.15, 0.2) is 12.1 Å². The summed E-state index contributed by atoms with van der Waals surface area (Å²) in [7, 11) is 1.61. The molecule has 2 aromatic rings. The van der Waals surface area contributed by atoms with Crippen LogP contribution in [-0.4, -0.2) is 54.3 Å². The van der Waals surface area contributed by atoms with Crippen LogP contribution in [0.3, 0.4) is 0 Å². The van der Waals surface area contributed by atoms with Crippen molar-refractivity contribution in [2.75, 3.05) is 33.4 Å². The molecule has 2 aliphatic heterocycles. The van der Waals surface area contributed by atoms with Gasteiger partial charge in [0.25, 0.3) is 5.91 Å². The Balaban J connectivity index is 1.66. The van der Waals surface area contributed by atoms with Gasteiger partial charge in [-0.05, 0) is 6.07 Å². The second-order valence-corrected chi connectivity index (χ2v) is 6.93. The Morgan fingerprint density at radius 2 is 2.35 bits per heavy atom. The highest BCUT2D eigenvalue weighted by Gasteiger charge is 2.52. The molecule has 1 aromatic carbocycles. The lowest BCUT2D eigenvalue weighted by Crippen LogP contribution is -2.42. The lowest BCUT2D eigenvalue weighted by atomic mass is 9.74. The van der Waals surface area contributed by atoms with Crippen molar-refractivity contribution >= 4 is 5.91 Å². The summed E-state index contributed by atoms with van der Waals surface area (Å²) in [5.41, 5.74) is 0.847. The molecular formula is C19H22N2O5. The van der Waals surface area contributed by atoms with Crippen molar-refractivity contribution < 1.29 is 23.8 Å². The molecule has 1 N–H and O–H groups in total. The third-order valence-electron chi connectivity index (χ3n) is 5.53. The zero-order chi connectivity index (χ0) is 18.3. The maximum Gasteiger partial charge on any atom is 0.276 e. The zero-order valence-electron chi connectivity index (χ0n) is 14.9. The Morgan fingerprint density at radius 3 is 3.08 bits per heavy atom. The van der Waals surface area contributed by atoms with Crippen molar-refractivity contribution in [1.29, 1.82) is 0 Å². The maximum atomic E-state index is 13.0. The van der Waals surface area contributed by atoms with Crippen LogP contribution in [0.5, 0.6) is 11.5 Å². The first-order chi connectivity index (χ1) is 12.6. The molecule has 0 bridgehead atoms. The average molecular weight is 358 g/mol. The van der Waals surface area contributed by atoms with E-state index in [9.17, 15) is 9.90 Å². The second-order valence-electron chi connectivity index (χ2n) is 6.93. The fourth-order valence-electron chi connectivity index (χ4n) is 4.03. The van der Waals surface area contributed by atoms with Crippen molar-refractivity contribution in [2.24, 2.45) is 5.41 Å². The summed E-state index contributed by atoms with van der Waals surface area (Å²) in [6, 6.07) is 5.70. The number of oxazole rings is 1. The number of rotatable bonds is 4. The predicted octanol–water partition coefficient (Wildman–Crippen LogP) is 1.86. The molecule has 2 atom stereocenters. The quantitative estimate of drug-likeness (QED) is 0.898. The number of amides is 1. The number of hydrogen-bond donors (Lipinski definition) is 1. The summed E-state index contributed by atoms with van der Waals surface area (Å²) >= 11 is 0. The molecule has 1 aromatic heterocycles. The van der Waals surface area contributed by atoms with E-state index in [2.05, 4.69) is 4.98 Å². The van der Waals surface area contributed by atoms with Gasteiger partial charge in [0.05, 0.1) is 25.7 Å². The van der Waals surface area contributed by atoms with Crippen LogP contribution in [0, 0.1) is 5.41 Å². The van der Waals surface area contributed by atoms with Gasteiger partial charge in [-0.2, -0.15) is 0 Å².